The average molecular weight is 301 g/mol. The molecule has 0 saturated heterocycles. The van der Waals surface area contributed by atoms with Crippen LogP contribution in [0.5, 0.6) is 0 Å². The number of halogens is 2. The van der Waals surface area contributed by atoms with Gasteiger partial charge in [-0.15, -0.1) is 0 Å². The first-order chi connectivity index (χ1) is 7.65. The van der Waals surface area contributed by atoms with Gasteiger partial charge in [-0.2, -0.15) is 0 Å². The largest absolute Gasteiger partial charge is 0.458 e. The molecular weight excluding hydrogens is 289 g/mol. The van der Waals surface area contributed by atoms with Gasteiger partial charge in [-0.05, 0) is 52.9 Å². The van der Waals surface area contributed by atoms with Crippen LogP contribution >= 0.6 is 27.5 Å². The quantitative estimate of drug-likeness (QED) is 0.900. The van der Waals surface area contributed by atoms with Gasteiger partial charge in [0.05, 0.1) is 10.5 Å². The standard InChI is InChI=1S/C12H11BrClNO/c13-9-5-8(14)3-7-4-10(16-12(7)9)11(15)6-1-2-6/h3-6,11H,1-2,15H2. The van der Waals surface area contributed by atoms with E-state index in [-0.39, 0.29) is 6.04 Å². The van der Waals surface area contributed by atoms with E-state index in [0.29, 0.717) is 10.9 Å². The van der Waals surface area contributed by atoms with Gasteiger partial charge in [-0.25, -0.2) is 0 Å². The van der Waals surface area contributed by atoms with Crippen molar-refractivity contribution in [1.82, 2.24) is 0 Å². The van der Waals surface area contributed by atoms with Crippen LogP contribution in [0.4, 0.5) is 0 Å². The second-order valence-corrected chi connectivity index (χ2v) is 5.61. The van der Waals surface area contributed by atoms with Gasteiger partial charge in [0.25, 0.3) is 0 Å². The Bertz CT molecular complexity index is 547. The Balaban J connectivity index is 2.11. The molecule has 0 aliphatic heterocycles. The Labute approximate surface area is 107 Å². The summed E-state index contributed by atoms with van der Waals surface area (Å²) in [5, 5.41) is 1.71. The highest BCUT2D eigenvalue weighted by molar-refractivity contribution is 9.10. The second kappa shape index (κ2) is 3.76. The van der Waals surface area contributed by atoms with Crippen molar-refractivity contribution in [1.29, 1.82) is 0 Å². The summed E-state index contributed by atoms with van der Waals surface area (Å²) in [5.74, 6) is 1.45. The molecule has 2 N–H and O–H groups in total. The zero-order valence-electron chi connectivity index (χ0n) is 8.54. The fourth-order valence-corrected chi connectivity index (χ4v) is 2.86. The number of hydrogen-bond donors (Lipinski definition) is 1. The fraction of sp³-hybridized carbons (Fsp3) is 0.333. The zero-order chi connectivity index (χ0) is 11.3. The van der Waals surface area contributed by atoms with Crippen LogP contribution in [0.1, 0.15) is 24.6 Å². The molecule has 0 amide bonds. The van der Waals surface area contributed by atoms with Crippen molar-refractivity contribution in [2.75, 3.05) is 0 Å². The highest BCUT2D eigenvalue weighted by Gasteiger charge is 2.31. The molecule has 2 aromatic rings. The average Bonchev–Trinajstić information content (AvgIpc) is 2.97. The minimum Gasteiger partial charge on any atom is -0.458 e. The van der Waals surface area contributed by atoms with Crippen molar-refractivity contribution in [3.05, 3.63) is 33.5 Å². The lowest BCUT2D eigenvalue weighted by molar-refractivity contribution is 0.466. The van der Waals surface area contributed by atoms with Gasteiger partial charge in [-0.3, -0.25) is 0 Å². The van der Waals surface area contributed by atoms with Crippen molar-refractivity contribution in [3.8, 4) is 0 Å². The number of furan rings is 1. The summed E-state index contributed by atoms with van der Waals surface area (Å²) >= 11 is 9.43. The van der Waals surface area contributed by atoms with E-state index in [4.69, 9.17) is 21.8 Å². The number of nitrogens with two attached hydrogens (primary N) is 1. The van der Waals surface area contributed by atoms with Crippen LogP contribution < -0.4 is 5.73 Å². The van der Waals surface area contributed by atoms with Crippen LogP contribution in [0.25, 0.3) is 11.0 Å². The predicted octanol–water partition coefficient (Wildman–Crippen LogP) is 4.26. The van der Waals surface area contributed by atoms with E-state index in [0.717, 1.165) is 21.2 Å². The van der Waals surface area contributed by atoms with Crippen molar-refractivity contribution in [2.24, 2.45) is 11.7 Å². The molecular formula is C12H11BrClNO. The molecule has 84 valence electrons. The first-order valence-corrected chi connectivity index (χ1v) is 6.46. The molecule has 1 fully saturated rings. The first kappa shape index (κ1) is 10.6. The summed E-state index contributed by atoms with van der Waals surface area (Å²) in [6.45, 7) is 0. The summed E-state index contributed by atoms with van der Waals surface area (Å²) in [6.07, 6.45) is 2.42. The van der Waals surface area contributed by atoms with Gasteiger partial charge < -0.3 is 10.2 Å². The van der Waals surface area contributed by atoms with E-state index < -0.39 is 0 Å². The Morgan fingerprint density at radius 1 is 1.38 bits per heavy atom. The Kier molecular flexibility index (Phi) is 2.50. The van der Waals surface area contributed by atoms with Gasteiger partial charge in [0.1, 0.15) is 11.3 Å². The third kappa shape index (κ3) is 1.77. The molecule has 1 aliphatic rings. The SMILES string of the molecule is NC(c1cc2cc(Cl)cc(Br)c2o1)C1CC1. The maximum absolute atomic E-state index is 6.11. The molecule has 1 atom stereocenters. The Morgan fingerprint density at radius 3 is 2.81 bits per heavy atom. The van der Waals surface area contributed by atoms with Crippen LogP contribution in [-0.4, -0.2) is 0 Å². The molecule has 0 spiro atoms. The summed E-state index contributed by atoms with van der Waals surface area (Å²) in [7, 11) is 0. The van der Waals surface area contributed by atoms with Crippen molar-refractivity contribution in [2.45, 2.75) is 18.9 Å². The molecule has 0 bridgehead atoms. The van der Waals surface area contributed by atoms with E-state index in [9.17, 15) is 0 Å². The van der Waals surface area contributed by atoms with E-state index >= 15 is 0 Å². The normalized spacial score (nSPS) is 17.9. The number of benzene rings is 1. The lowest BCUT2D eigenvalue weighted by Crippen LogP contribution is -2.10. The minimum atomic E-state index is 0.0260. The summed E-state index contributed by atoms with van der Waals surface area (Å²) in [6, 6.07) is 5.75. The molecule has 1 aliphatic carbocycles. The fourth-order valence-electron chi connectivity index (χ4n) is 1.95. The van der Waals surface area contributed by atoms with Gasteiger partial charge in [0.2, 0.25) is 0 Å². The monoisotopic (exact) mass is 299 g/mol. The van der Waals surface area contributed by atoms with Crippen molar-refractivity contribution < 1.29 is 4.42 Å². The minimum absolute atomic E-state index is 0.0260. The second-order valence-electron chi connectivity index (χ2n) is 4.32. The molecule has 16 heavy (non-hydrogen) atoms. The van der Waals surface area contributed by atoms with Gasteiger partial charge in [0.15, 0.2) is 0 Å². The third-order valence-corrected chi connectivity index (χ3v) is 3.82. The smallest absolute Gasteiger partial charge is 0.148 e. The van der Waals surface area contributed by atoms with Crippen molar-refractivity contribution >= 4 is 38.5 Å². The van der Waals surface area contributed by atoms with Gasteiger partial charge in [0, 0.05) is 10.4 Å². The maximum atomic E-state index is 6.11. The van der Waals surface area contributed by atoms with Crippen LogP contribution in [0, 0.1) is 5.92 Å². The third-order valence-electron chi connectivity index (χ3n) is 3.01. The summed E-state index contributed by atoms with van der Waals surface area (Å²) < 4.78 is 6.67. The van der Waals surface area contributed by atoms with Crippen molar-refractivity contribution in [3.63, 3.8) is 0 Å². The molecule has 1 saturated carbocycles. The van der Waals surface area contributed by atoms with E-state index in [1.165, 1.54) is 12.8 Å². The van der Waals surface area contributed by atoms with Crippen LogP contribution in [-0.2, 0) is 0 Å². The van der Waals surface area contributed by atoms with E-state index in [1.54, 1.807) is 0 Å². The Hall–Kier alpha value is -0.510. The predicted molar refractivity (Wildman–Crippen MR) is 68.6 cm³/mol. The maximum Gasteiger partial charge on any atom is 0.148 e. The highest BCUT2D eigenvalue weighted by atomic mass is 79.9. The number of fused-ring (bicyclic) bond motifs is 1. The number of rotatable bonds is 2. The van der Waals surface area contributed by atoms with Gasteiger partial charge >= 0.3 is 0 Å². The molecule has 1 heterocycles. The molecule has 3 rings (SSSR count). The highest BCUT2D eigenvalue weighted by Crippen LogP contribution is 2.41. The lowest BCUT2D eigenvalue weighted by atomic mass is 10.1. The Morgan fingerprint density at radius 2 is 2.12 bits per heavy atom. The topological polar surface area (TPSA) is 39.2 Å². The molecule has 1 aromatic heterocycles. The van der Waals surface area contributed by atoms with Crippen LogP contribution in [0.2, 0.25) is 5.02 Å². The number of hydrogen-bond acceptors (Lipinski definition) is 2. The molecule has 0 radical (unpaired) electrons. The lowest BCUT2D eigenvalue weighted by Gasteiger charge is -2.04. The van der Waals surface area contributed by atoms with Gasteiger partial charge in [-0.1, -0.05) is 11.6 Å². The zero-order valence-corrected chi connectivity index (χ0v) is 10.9. The van der Waals surface area contributed by atoms with E-state index in [1.807, 2.05) is 18.2 Å². The van der Waals surface area contributed by atoms with Crippen LogP contribution in [0.3, 0.4) is 0 Å². The molecule has 2 nitrogen and oxygen atoms in total. The molecule has 1 unspecified atom stereocenters. The molecule has 1 aromatic carbocycles. The molecule has 4 heteroatoms. The summed E-state index contributed by atoms with van der Waals surface area (Å²) in [4.78, 5) is 0. The first-order valence-electron chi connectivity index (χ1n) is 5.29. The van der Waals surface area contributed by atoms with E-state index in [2.05, 4.69) is 15.9 Å². The van der Waals surface area contributed by atoms with Crippen LogP contribution in [0.15, 0.2) is 27.1 Å². The summed E-state index contributed by atoms with van der Waals surface area (Å²) in [5.41, 5.74) is 6.94.